The molecule has 0 bridgehead atoms. The Morgan fingerprint density at radius 1 is 1.50 bits per heavy atom. The third kappa shape index (κ3) is 5.47. The number of hydrogen-bond donors (Lipinski definition) is 1. The highest BCUT2D eigenvalue weighted by Crippen LogP contribution is 1.69. The quantitative estimate of drug-likeness (QED) is 0.333. The van der Waals surface area contributed by atoms with Crippen molar-refractivity contribution in [3.8, 4) is 0 Å². The molecule has 0 rings (SSSR count). The fraction of sp³-hybridized carbons (Fsp3) is 0.833. The van der Waals surface area contributed by atoms with Gasteiger partial charge in [0.15, 0.2) is 0 Å². The number of hydrogen-bond acceptors (Lipinski definition) is 2. The van der Waals surface area contributed by atoms with Gasteiger partial charge in [0.05, 0.1) is 0 Å². The van der Waals surface area contributed by atoms with Crippen molar-refractivity contribution in [1.29, 1.82) is 0 Å². The second kappa shape index (κ2) is 6.47. The molecule has 0 aliphatic heterocycles. The van der Waals surface area contributed by atoms with Gasteiger partial charge in [-0.2, -0.15) is 5.10 Å². The first-order valence-electron chi connectivity index (χ1n) is 3.16. The van der Waals surface area contributed by atoms with E-state index in [1.54, 1.807) is 0 Å². The van der Waals surface area contributed by atoms with Crippen LogP contribution in [0.1, 0.15) is 26.7 Å². The Hall–Kier alpha value is -0.530. The van der Waals surface area contributed by atoms with Crippen LogP contribution in [0.2, 0.25) is 0 Å². The first-order chi connectivity index (χ1) is 3.91. The van der Waals surface area contributed by atoms with Crippen molar-refractivity contribution in [3.63, 3.8) is 0 Å². The minimum Gasteiger partial charge on any atom is -0.310 e. The SMILES string of the molecule is CC/C=N/NCCC. The maximum atomic E-state index is 3.90. The van der Waals surface area contributed by atoms with Gasteiger partial charge in [0, 0.05) is 12.8 Å². The summed E-state index contributed by atoms with van der Waals surface area (Å²) in [6.07, 6.45) is 4.02. The molecule has 0 aliphatic carbocycles. The minimum atomic E-state index is 0.983. The summed E-state index contributed by atoms with van der Waals surface area (Å²) in [6, 6.07) is 0. The van der Waals surface area contributed by atoms with Crippen LogP contribution in [-0.4, -0.2) is 12.8 Å². The maximum absolute atomic E-state index is 3.90. The van der Waals surface area contributed by atoms with Gasteiger partial charge in [-0.25, -0.2) is 0 Å². The molecule has 8 heavy (non-hydrogen) atoms. The van der Waals surface area contributed by atoms with Gasteiger partial charge in [-0.05, 0) is 12.8 Å². The molecule has 0 atom stereocenters. The van der Waals surface area contributed by atoms with Crippen LogP contribution in [0.25, 0.3) is 0 Å². The van der Waals surface area contributed by atoms with E-state index < -0.39 is 0 Å². The highest BCUT2D eigenvalue weighted by atomic mass is 15.3. The summed E-state index contributed by atoms with van der Waals surface area (Å²) in [5, 5.41) is 3.90. The van der Waals surface area contributed by atoms with Crippen LogP contribution in [0.3, 0.4) is 0 Å². The highest BCUT2D eigenvalue weighted by Gasteiger charge is 1.71. The molecule has 0 aliphatic rings. The predicted octanol–water partition coefficient (Wildman–Crippen LogP) is 1.38. The van der Waals surface area contributed by atoms with Crippen LogP contribution >= 0.6 is 0 Å². The lowest BCUT2D eigenvalue weighted by Crippen LogP contribution is -2.05. The van der Waals surface area contributed by atoms with E-state index in [1.807, 2.05) is 6.21 Å². The van der Waals surface area contributed by atoms with Gasteiger partial charge in [0.25, 0.3) is 0 Å². The molecule has 0 radical (unpaired) electrons. The molecule has 0 spiro atoms. The highest BCUT2D eigenvalue weighted by molar-refractivity contribution is 5.55. The Balaban J connectivity index is 2.80. The molecule has 2 heteroatoms. The zero-order chi connectivity index (χ0) is 6.24. The van der Waals surface area contributed by atoms with Crippen molar-refractivity contribution in [1.82, 2.24) is 5.43 Å². The van der Waals surface area contributed by atoms with Gasteiger partial charge in [0.2, 0.25) is 0 Å². The average molecular weight is 114 g/mol. The Morgan fingerprint density at radius 3 is 2.75 bits per heavy atom. The summed E-state index contributed by atoms with van der Waals surface area (Å²) >= 11 is 0. The van der Waals surface area contributed by atoms with Crippen LogP contribution in [0.4, 0.5) is 0 Å². The number of nitrogens with zero attached hydrogens (tertiary/aromatic N) is 1. The Kier molecular flexibility index (Phi) is 6.04. The summed E-state index contributed by atoms with van der Waals surface area (Å²) in [5.41, 5.74) is 2.91. The Bertz CT molecular complexity index is 59.5. The van der Waals surface area contributed by atoms with E-state index in [2.05, 4.69) is 24.4 Å². The van der Waals surface area contributed by atoms with E-state index in [1.165, 1.54) is 0 Å². The Labute approximate surface area is 51.0 Å². The van der Waals surface area contributed by atoms with Crippen molar-refractivity contribution in [2.45, 2.75) is 26.7 Å². The molecule has 0 aromatic rings. The monoisotopic (exact) mass is 114 g/mol. The van der Waals surface area contributed by atoms with Gasteiger partial charge in [-0.3, -0.25) is 0 Å². The van der Waals surface area contributed by atoms with E-state index in [0.717, 1.165) is 19.4 Å². The van der Waals surface area contributed by atoms with Gasteiger partial charge in [0.1, 0.15) is 0 Å². The van der Waals surface area contributed by atoms with Gasteiger partial charge >= 0.3 is 0 Å². The zero-order valence-electron chi connectivity index (χ0n) is 5.65. The van der Waals surface area contributed by atoms with Crippen molar-refractivity contribution < 1.29 is 0 Å². The summed E-state index contributed by atoms with van der Waals surface area (Å²) < 4.78 is 0. The molecule has 0 fully saturated rings. The summed E-state index contributed by atoms with van der Waals surface area (Å²) in [6.45, 7) is 5.17. The van der Waals surface area contributed by atoms with Crippen LogP contribution in [-0.2, 0) is 0 Å². The van der Waals surface area contributed by atoms with Gasteiger partial charge in [-0.1, -0.05) is 13.8 Å². The zero-order valence-corrected chi connectivity index (χ0v) is 5.65. The third-order valence-electron chi connectivity index (χ3n) is 0.727. The largest absolute Gasteiger partial charge is 0.310 e. The molecule has 2 nitrogen and oxygen atoms in total. The molecule has 0 saturated heterocycles. The van der Waals surface area contributed by atoms with Crippen LogP contribution in [0.5, 0.6) is 0 Å². The fourth-order valence-corrected chi connectivity index (χ4v) is 0.332. The molecule has 0 aromatic carbocycles. The van der Waals surface area contributed by atoms with Crippen LogP contribution in [0.15, 0.2) is 5.10 Å². The molecule has 0 aromatic heterocycles. The second-order valence-corrected chi connectivity index (χ2v) is 1.63. The van der Waals surface area contributed by atoms with Crippen LogP contribution < -0.4 is 5.43 Å². The number of hydrazone groups is 1. The first kappa shape index (κ1) is 7.47. The lowest BCUT2D eigenvalue weighted by atomic mass is 10.5. The smallest absolute Gasteiger partial charge is 0.0326 e. The normalized spacial score (nSPS) is 10.2. The van der Waals surface area contributed by atoms with Crippen LogP contribution in [0, 0.1) is 0 Å². The molecular formula is C6H14N2. The standard InChI is InChI=1S/C6H14N2/c1-3-5-7-8-6-4-2/h5,8H,3-4,6H2,1-2H3/b7-5+. The average Bonchev–Trinajstić information content (AvgIpc) is 1.81. The van der Waals surface area contributed by atoms with E-state index in [9.17, 15) is 0 Å². The van der Waals surface area contributed by atoms with E-state index in [-0.39, 0.29) is 0 Å². The Morgan fingerprint density at radius 2 is 2.25 bits per heavy atom. The molecule has 0 amide bonds. The summed E-state index contributed by atoms with van der Waals surface area (Å²) in [5.74, 6) is 0. The second-order valence-electron chi connectivity index (χ2n) is 1.63. The molecule has 48 valence electrons. The van der Waals surface area contributed by atoms with Crippen molar-refractivity contribution in [3.05, 3.63) is 0 Å². The van der Waals surface area contributed by atoms with Gasteiger partial charge < -0.3 is 5.43 Å². The molecule has 0 saturated carbocycles. The lowest BCUT2D eigenvalue weighted by molar-refractivity contribution is 0.717. The fourth-order valence-electron chi connectivity index (χ4n) is 0.332. The molecule has 0 heterocycles. The molecule has 1 N–H and O–H groups in total. The van der Waals surface area contributed by atoms with Crippen molar-refractivity contribution in [2.75, 3.05) is 6.54 Å². The van der Waals surface area contributed by atoms with E-state index in [0.29, 0.717) is 0 Å². The van der Waals surface area contributed by atoms with E-state index >= 15 is 0 Å². The van der Waals surface area contributed by atoms with Gasteiger partial charge in [-0.15, -0.1) is 0 Å². The molecular weight excluding hydrogens is 100 g/mol. The van der Waals surface area contributed by atoms with Crippen molar-refractivity contribution in [2.24, 2.45) is 5.10 Å². The number of nitrogens with one attached hydrogen (secondary N) is 1. The minimum absolute atomic E-state index is 0.983. The first-order valence-corrected chi connectivity index (χ1v) is 3.16. The summed E-state index contributed by atoms with van der Waals surface area (Å²) in [7, 11) is 0. The third-order valence-corrected chi connectivity index (χ3v) is 0.727. The maximum Gasteiger partial charge on any atom is 0.0326 e. The number of rotatable bonds is 4. The summed E-state index contributed by atoms with van der Waals surface area (Å²) in [4.78, 5) is 0. The predicted molar refractivity (Wildman–Crippen MR) is 37.1 cm³/mol. The van der Waals surface area contributed by atoms with E-state index in [4.69, 9.17) is 0 Å². The topological polar surface area (TPSA) is 24.4 Å². The van der Waals surface area contributed by atoms with Crippen molar-refractivity contribution >= 4 is 6.21 Å². The lowest BCUT2D eigenvalue weighted by Gasteiger charge is -1.91. The molecule has 0 unspecified atom stereocenters.